The number of rotatable bonds is 3. The van der Waals surface area contributed by atoms with Crippen LogP contribution < -0.4 is 10.6 Å². The Bertz CT molecular complexity index is 1870. The van der Waals surface area contributed by atoms with Crippen molar-refractivity contribution in [3.8, 4) is 0 Å². The van der Waals surface area contributed by atoms with Gasteiger partial charge < -0.3 is 40.9 Å². The number of aliphatic hydroxyl groups excluding tert-OH is 4. The van der Waals surface area contributed by atoms with Gasteiger partial charge in [-0.2, -0.15) is 0 Å². The number of para-hydroxylation sites is 2. The highest BCUT2D eigenvalue weighted by molar-refractivity contribution is 8.78. The smallest absolute Gasteiger partial charge is 0.266 e. The van der Waals surface area contributed by atoms with E-state index in [-0.39, 0.29) is 0 Å². The number of carbonyl (C=O) groups excluding carboxylic acids is 4. The highest BCUT2D eigenvalue weighted by Gasteiger charge is 2.93. The average molecular weight is 757 g/mol. The molecule has 2 spiro atoms. The van der Waals surface area contributed by atoms with Crippen LogP contribution in [0, 0.1) is 0 Å². The van der Waals surface area contributed by atoms with Gasteiger partial charge >= 0.3 is 0 Å². The summed E-state index contributed by atoms with van der Waals surface area (Å²) >= 11 is 0. The lowest BCUT2D eigenvalue weighted by Crippen LogP contribution is -2.80. The fourth-order valence-corrected chi connectivity index (χ4v) is 18.6. The first-order valence-corrected chi connectivity index (χ1v) is 20.4. The first-order valence-electron chi connectivity index (χ1n) is 16.1. The Balaban J connectivity index is 1.33. The molecule has 14 nitrogen and oxygen atoms in total. The number of carbonyl (C=O) groups is 4. The highest BCUT2D eigenvalue weighted by atomic mass is 33.1. The molecule has 12 atom stereocenters. The maximum absolute atomic E-state index is 15.0. The van der Waals surface area contributed by atoms with Crippen molar-refractivity contribution in [1.29, 1.82) is 0 Å². The molecule has 10 aliphatic heterocycles. The van der Waals surface area contributed by atoms with Crippen molar-refractivity contribution in [3.05, 3.63) is 59.7 Å². The quantitative estimate of drug-likeness (QED) is 0.231. The minimum atomic E-state index is -1.93. The summed E-state index contributed by atoms with van der Waals surface area (Å²) < 4.78 is 0. The van der Waals surface area contributed by atoms with Gasteiger partial charge in [0.1, 0.15) is 24.5 Å². The number of anilines is 2. The molecule has 6 N–H and O–H groups in total. The number of aliphatic hydroxyl groups is 4. The van der Waals surface area contributed by atoms with Gasteiger partial charge in [0, 0.05) is 25.5 Å². The first-order chi connectivity index (χ1) is 23.7. The van der Waals surface area contributed by atoms with Crippen molar-refractivity contribution in [2.45, 2.75) is 80.9 Å². The Kier molecular flexibility index (Phi) is 5.86. The fraction of sp³-hybridized carbons (Fsp3) is 0.500. The van der Waals surface area contributed by atoms with Crippen LogP contribution in [-0.4, -0.2) is 134 Å². The molecule has 10 aliphatic rings. The normalized spacial score (nSPS) is 45.5. The summed E-state index contributed by atoms with van der Waals surface area (Å²) in [6.45, 7) is 2.90. The molecule has 0 radical (unpaired) electrons. The van der Waals surface area contributed by atoms with E-state index in [1.165, 1.54) is 47.5 Å². The van der Waals surface area contributed by atoms with Crippen LogP contribution in [0.1, 0.15) is 25.0 Å². The molecule has 4 bridgehead atoms. The van der Waals surface area contributed by atoms with E-state index >= 15 is 0 Å². The summed E-state index contributed by atoms with van der Waals surface area (Å²) in [5, 5.41) is 56.0. The maximum Gasteiger partial charge on any atom is 0.266 e. The molecule has 2 aromatic rings. The zero-order valence-corrected chi connectivity index (χ0v) is 30.2. The largest absolute Gasteiger partial charge is 0.389 e. The van der Waals surface area contributed by atoms with E-state index < -0.39 is 90.7 Å². The Morgan fingerprint density at radius 1 is 0.620 bits per heavy atom. The molecule has 4 unspecified atom stereocenters. The monoisotopic (exact) mass is 756 g/mol. The molecule has 10 heterocycles. The van der Waals surface area contributed by atoms with Gasteiger partial charge in [0.15, 0.2) is 0 Å². The molecule has 8 fully saturated rings. The maximum atomic E-state index is 15.0. The lowest BCUT2D eigenvalue weighted by molar-refractivity contribution is -0.172. The minimum absolute atomic E-state index is 0.495. The molecule has 50 heavy (non-hydrogen) atoms. The second-order valence-corrected chi connectivity index (χ2v) is 19.4. The van der Waals surface area contributed by atoms with Crippen molar-refractivity contribution in [1.82, 2.24) is 19.6 Å². The number of likely N-dealkylation sites (N-methyl/N-ethyl adjacent to an activating group) is 2. The summed E-state index contributed by atoms with van der Waals surface area (Å²) in [5.41, 5.74) is -1.52. The topological polar surface area (TPSA) is 186 Å². The van der Waals surface area contributed by atoms with Gasteiger partial charge in [0.2, 0.25) is 19.5 Å². The summed E-state index contributed by atoms with van der Waals surface area (Å²) in [4.78, 5) is 57.4. The van der Waals surface area contributed by atoms with Crippen LogP contribution in [-0.2, 0) is 30.0 Å². The third-order valence-electron chi connectivity index (χ3n) is 12.7. The van der Waals surface area contributed by atoms with E-state index in [0.717, 1.165) is 43.2 Å². The lowest BCUT2D eigenvalue weighted by atomic mass is 9.52. The Morgan fingerprint density at radius 3 is 1.34 bits per heavy atom. The second kappa shape index (κ2) is 9.20. The van der Waals surface area contributed by atoms with E-state index in [9.17, 15) is 39.6 Å². The SMILES string of the molecule is CC(O)C12SS[C@@]3(C(=O)N1C)[C@@H](O)[C@]1(C45c6ccccc6N[C@@H]4N4C(=O)[C@]6(C(C)O)SS[C@]4(C(=O)N6C)[C@H]5O)c4ccccc4N[C@@H]1N3C2=O. The number of hydrogen-bond acceptors (Lipinski definition) is 14. The lowest BCUT2D eigenvalue weighted by Gasteiger charge is -2.59. The second-order valence-electron chi connectivity index (χ2n) is 14.3. The summed E-state index contributed by atoms with van der Waals surface area (Å²) in [5.74, 6) is -2.37. The Labute approximate surface area is 301 Å². The number of benzene rings is 2. The molecule has 0 aliphatic carbocycles. The summed E-state index contributed by atoms with van der Waals surface area (Å²) in [6, 6.07) is 14.3. The summed E-state index contributed by atoms with van der Waals surface area (Å²) in [6.07, 6.45) is -8.45. The predicted molar refractivity (Wildman–Crippen MR) is 187 cm³/mol. The number of amides is 4. The first kappa shape index (κ1) is 31.9. The molecular weight excluding hydrogens is 725 g/mol. The number of nitrogens with zero attached hydrogens (tertiary/aromatic N) is 4. The molecule has 4 amide bonds. The van der Waals surface area contributed by atoms with Crippen LogP contribution in [0.25, 0.3) is 0 Å². The fourth-order valence-electron chi connectivity index (χ4n) is 10.6. The van der Waals surface area contributed by atoms with Gasteiger partial charge in [-0.05, 0) is 80.3 Å². The van der Waals surface area contributed by atoms with Crippen molar-refractivity contribution in [2.24, 2.45) is 0 Å². The van der Waals surface area contributed by atoms with Crippen molar-refractivity contribution < 1.29 is 39.6 Å². The van der Waals surface area contributed by atoms with Crippen molar-refractivity contribution in [3.63, 3.8) is 0 Å². The zero-order chi connectivity index (χ0) is 35.3. The van der Waals surface area contributed by atoms with E-state index in [2.05, 4.69) is 10.6 Å². The van der Waals surface area contributed by atoms with Gasteiger partial charge in [0.25, 0.3) is 23.6 Å². The Hall–Kier alpha value is -2.84. The predicted octanol–water partition coefficient (Wildman–Crippen LogP) is 0.0526. The van der Waals surface area contributed by atoms with E-state index in [4.69, 9.17) is 0 Å². The zero-order valence-electron chi connectivity index (χ0n) is 26.9. The van der Waals surface area contributed by atoms with Gasteiger partial charge in [-0.1, -0.05) is 36.4 Å². The van der Waals surface area contributed by atoms with Crippen LogP contribution in [0.5, 0.6) is 0 Å². The van der Waals surface area contributed by atoms with Crippen LogP contribution in [0.4, 0.5) is 11.4 Å². The van der Waals surface area contributed by atoms with E-state index in [0.29, 0.717) is 22.5 Å². The summed E-state index contributed by atoms with van der Waals surface area (Å²) in [7, 11) is 6.94. The number of piperazine rings is 2. The van der Waals surface area contributed by atoms with Gasteiger partial charge in [0.05, 0.1) is 23.0 Å². The van der Waals surface area contributed by atoms with Gasteiger partial charge in [-0.3, -0.25) is 29.0 Å². The standard InChI is InChI=1S/C32H32N6O8S4/c1-13(39)29-25(45)37-21-27(15-9-5-7-11-17(15)33-21,19(41)31(37,49-47-29)23(43)35(29)3)28-16-10-6-8-12-18(16)34-22(28)38-26(46)30(14(2)40)36(4)24(44)32(38,20(28)42)50-48-30/h5-14,19-22,33-34,39-42H,1-4H3/t13?,14?,19-,20-,21+,22+,27+,28?,29?,30-,31+,32-/m0/s1. The van der Waals surface area contributed by atoms with Crippen LogP contribution in [0.15, 0.2) is 48.5 Å². The van der Waals surface area contributed by atoms with Crippen LogP contribution in [0.2, 0.25) is 0 Å². The molecule has 262 valence electrons. The van der Waals surface area contributed by atoms with Crippen molar-refractivity contribution in [2.75, 3.05) is 24.7 Å². The van der Waals surface area contributed by atoms with Gasteiger partial charge in [-0.15, -0.1) is 0 Å². The van der Waals surface area contributed by atoms with E-state index in [1.54, 1.807) is 48.5 Å². The molecule has 18 heteroatoms. The average Bonchev–Trinajstić information content (AvgIpc) is 3.74. The van der Waals surface area contributed by atoms with Crippen LogP contribution in [0.3, 0.4) is 0 Å². The molecule has 0 saturated carbocycles. The molecule has 0 aromatic heterocycles. The van der Waals surface area contributed by atoms with E-state index in [1.807, 2.05) is 0 Å². The number of hydrogen-bond donors (Lipinski definition) is 6. The minimum Gasteiger partial charge on any atom is -0.389 e. The molecular formula is C32H32N6O8S4. The van der Waals surface area contributed by atoms with Gasteiger partial charge in [-0.25, -0.2) is 0 Å². The molecule has 8 saturated heterocycles. The third kappa shape index (κ3) is 2.65. The van der Waals surface area contributed by atoms with Crippen molar-refractivity contribution >= 4 is 78.2 Å². The molecule has 2 aromatic carbocycles. The third-order valence-corrected chi connectivity index (χ3v) is 20.2. The number of fused-ring (bicyclic) bond motifs is 11. The number of nitrogens with one attached hydrogen (secondary N) is 2. The van der Waals surface area contributed by atoms with Crippen LogP contribution >= 0.6 is 43.2 Å². The highest BCUT2D eigenvalue weighted by Crippen LogP contribution is 2.78. The molecule has 12 rings (SSSR count). The Morgan fingerprint density at radius 2 is 0.980 bits per heavy atom.